The first-order chi connectivity index (χ1) is 15.3. The van der Waals surface area contributed by atoms with Crippen molar-refractivity contribution in [2.75, 3.05) is 11.9 Å². The monoisotopic (exact) mass is 554 g/mol. The molecule has 0 saturated heterocycles. The predicted molar refractivity (Wildman–Crippen MR) is 130 cm³/mol. The first-order valence-corrected chi connectivity index (χ1v) is 12.5. The van der Waals surface area contributed by atoms with Crippen molar-refractivity contribution in [1.29, 1.82) is 0 Å². The smallest absolute Gasteiger partial charge is 0.286 e. The van der Waals surface area contributed by atoms with Crippen LogP contribution in [0.25, 0.3) is 0 Å². The van der Waals surface area contributed by atoms with Crippen LogP contribution in [0.5, 0.6) is 11.5 Å². The van der Waals surface area contributed by atoms with Crippen LogP contribution in [-0.2, 0) is 16.6 Å². The van der Waals surface area contributed by atoms with Gasteiger partial charge in [-0.3, -0.25) is 0 Å². The molecule has 6 nitrogen and oxygen atoms in total. The molecule has 0 radical (unpaired) electrons. The minimum absolute atomic E-state index is 0.132. The largest absolute Gasteiger partial charge is 0.490 e. The zero-order valence-corrected chi connectivity index (χ0v) is 20.6. The van der Waals surface area contributed by atoms with E-state index in [1.54, 1.807) is 48.5 Å². The zero-order chi connectivity index (χ0) is 22.9. The van der Waals surface area contributed by atoms with E-state index >= 15 is 0 Å². The maximum Gasteiger partial charge on any atom is 0.286 e. The number of para-hydroxylation sites is 1. The number of benzene rings is 3. The number of amidine groups is 1. The molecule has 0 spiro atoms. The predicted octanol–water partition coefficient (Wildman–Crippen LogP) is 6.29. The second kappa shape index (κ2) is 9.31. The van der Waals surface area contributed by atoms with Crippen LogP contribution in [0.2, 0.25) is 10.0 Å². The number of nitrogens with one attached hydrogen (secondary N) is 1. The van der Waals surface area contributed by atoms with Crippen molar-refractivity contribution in [3.63, 3.8) is 0 Å². The van der Waals surface area contributed by atoms with Gasteiger partial charge in [-0.2, -0.15) is 8.42 Å². The Labute approximate surface area is 204 Å². The normalized spacial score (nSPS) is 14.2. The summed E-state index contributed by atoms with van der Waals surface area (Å²) in [5.41, 5.74) is 1.75. The van der Waals surface area contributed by atoms with Crippen molar-refractivity contribution in [3.05, 3.63) is 80.2 Å². The summed E-state index contributed by atoms with van der Waals surface area (Å²) in [6.07, 6.45) is 0. The second-order valence-corrected chi connectivity index (χ2v) is 10.0. The molecule has 1 aliphatic heterocycles. The topological polar surface area (TPSA) is 77.0 Å². The van der Waals surface area contributed by atoms with Crippen LogP contribution in [0, 0.1) is 0 Å². The van der Waals surface area contributed by atoms with Crippen LogP contribution in [0.1, 0.15) is 18.1 Å². The molecule has 0 atom stereocenters. The fourth-order valence-electron chi connectivity index (χ4n) is 3.14. The number of nitrogens with zero attached hydrogens (tertiary/aromatic N) is 1. The molecule has 0 unspecified atom stereocenters. The molecule has 0 aliphatic carbocycles. The average molecular weight is 556 g/mol. The van der Waals surface area contributed by atoms with E-state index in [0.29, 0.717) is 43.9 Å². The molecule has 0 bridgehead atoms. The van der Waals surface area contributed by atoms with Crippen LogP contribution in [0.15, 0.2) is 68.4 Å². The molecule has 1 N–H and O–H groups in total. The molecule has 0 aromatic heterocycles. The van der Waals surface area contributed by atoms with Gasteiger partial charge in [-0.15, -0.1) is 4.40 Å². The minimum Gasteiger partial charge on any atom is -0.490 e. The van der Waals surface area contributed by atoms with Gasteiger partial charge in [0.05, 0.1) is 16.8 Å². The second-order valence-electron chi connectivity index (χ2n) is 6.78. The van der Waals surface area contributed by atoms with Gasteiger partial charge in [0, 0.05) is 21.2 Å². The van der Waals surface area contributed by atoms with Gasteiger partial charge in [-0.1, -0.05) is 41.4 Å². The quantitative estimate of drug-likeness (QED) is 0.386. The fraction of sp³-hybridized carbons (Fsp3) is 0.136. The number of rotatable bonds is 6. The van der Waals surface area contributed by atoms with Crippen molar-refractivity contribution < 1.29 is 17.9 Å². The summed E-state index contributed by atoms with van der Waals surface area (Å²) in [6.45, 7) is 2.42. The maximum absolute atomic E-state index is 12.6. The zero-order valence-electron chi connectivity index (χ0n) is 16.7. The summed E-state index contributed by atoms with van der Waals surface area (Å²) >= 11 is 15.7. The Morgan fingerprint density at radius 1 is 1.06 bits per heavy atom. The van der Waals surface area contributed by atoms with Gasteiger partial charge in [0.25, 0.3) is 10.0 Å². The van der Waals surface area contributed by atoms with E-state index in [0.717, 1.165) is 5.56 Å². The van der Waals surface area contributed by atoms with E-state index in [2.05, 4.69) is 25.6 Å². The van der Waals surface area contributed by atoms with Crippen molar-refractivity contribution in [3.8, 4) is 11.5 Å². The van der Waals surface area contributed by atoms with Crippen molar-refractivity contribution >= 4 is 60.7 Å². The molecule has 10 heteroatoms. The van der Waals surface area contributed by atoms with E-state index in [1.807, 2.05) is 6.92 Å². The van der Waals surface area contributed by atoms with Crippen LogP contribution >= 0.6 is 39.1 Å². The molecule has 3 aromatic carbocycles. The summed E-state index contributed by atoms with van der Waals surface area (Å²) in [5, 5.41) is 4.11. The van der Waals surface area contributed by atoms with Crippen LogP contribution in [-0.4, -0.2) is 20.9 Å². The molecular weight excluding hydrogens is 539 g/mol. The Balaban J connectivity index is 1.68. The van der Waals surface area contributed by atoms with Crippen molar-refractivity contribution in [2.45, 2.75) is 18.4 Å². The fourth-order valence-corrected chi connectivity index (χ4v) is 5.29. The molecule has 166 valence electrons. The van der Waals surface area contributed by atoms with Crippen LogP contribution in [0.4, 0.5) is 5.69 Å². The number of ether oxygens (including phenoxy) is 2. The summed E-state index contributed by atoms with van der Waals surface area (Å²) < 4.78 is 41.5. The lowest BCUT2D eigenvalue weighted by Crippen LogP contribution is -2.22. The minimum atomic E-state index is -3.83. The lowest BCUT2D eigenvalue weighted by Gasteiger charge is -2.20. The van der Waals surface area contributed by atoms with E-state index in [1.165, 1.54) is 6.07 Å². The number of anilines is 1. The van der Waals surface area contributed by atoms with Gasteiger partial charge in [-0.25, -0.2) is 0 Å². The number of fused-ring (bicyclic) bond motifs is 1. The molecule has 3 aromatic rings. The highest BCUT2D eigenvalue weighted by atomic mass is 79.9. The van der Waals surface area contributed by atoms with Gasteiger partial charge in [0.1, 0.15) is 11.5 Å². The van der Waals surface area contributed by atoms with Crippen LogP contribution in [0.3, 0.4) is 0 Å². The number of hydrogen-bond donors (Lipinski definition) is 1. The van der Waals surface area contributed by atoms with E-state index in [4.69, 9.17) is 32.7 Å². The number of halogens is 3. The SMILES string of the molecule is CCOc1cc(C2=NS(=O)(=O)c3ccccc3N2)cc(Br)c1OCc1ccc(Cl)cc1Cl. The summed E-state index contributed by atoms with van der Waals surface area (Å²) in [7, 11) is -3.83. The third-order valence-electron chi connectivity index (χ3n) is 4.60. The third-order valence-corrected chi connectivity index (χ3v) is 7.11. The lowest BCUT2D eigenvalue weighted by molar-refractivity contribution is 0.267. The van der Waals surface area contributed by atoms with Crippen molar-refractivity contribution in [1.82, 2.24) is 0 Å². The Kier molecular flexibility index (Phi) is 6.67. The maximum atomic E-state index is 12.6. The first-order valence-electron chi connectivity index (χ1n) is 9.53. The Morgan fingerprint density at radius 2 is 1.84 bits per heavy atom. The highest BCUT2D eigenvalue weighted by molar-refractivity contribution is 9.10. The van der Waals surface area contributed by atoms with Gasteiger partial charge < -0.3 is 14.8 Å². The number of hydrogen-bond acceptors (Lipinski definition) is 5. The van der Waals surface area contributed by atoms with Crippen LogP contribution < -0.4 is 14.8 Å². The Hall–Kier alpha value is -2.26. The molecule has 1 aliphatic rings. The number of sulfonamides is 1. The molecule has 0 fully saturated rings. The van der Waals surface area contributed by atoms with Gasteiger partial charge in [-0.05, 0) is 59.3 Å². The van der Waals surface area contributed by atoms with E-state index in [9.17, 15) is 8.42 Å². The van der Waals surface area contributed by atoms with Gasteiger partial charge in [0.15, 0.2) is 17.3 Å². The molecule has 0 saturated carbocycles. The molecule has 32 heavy (non-hydrogen) atoms. The summed E-state index contributed by atoms with van der Waals surface area (Å²) in [6, 6.07) is 15.2. The summed E-state index contributed by atoms with van der Waals surface area (Å²) in [4.78, 5) is 0.132. The molecule has 1 heterocycles. The van der Waals surface area contributed by atoms with Gasteiger partial charge in [0.2, 0.25) is 0 Å². The lowest BCUT2D eigenvalue weighted by atomic mass is 10.1. The highest BCUT2D eigenvalue weighted by Crippen LogP contribution is 2.39. The third kappa shape index (κ3) is 4.73. The first kappa shape index (κ1) is 22.9. The van der Waals surface area contributed by atoms with Gasteiger partial charge >= 0.3 is 0 Å². The highest BCUT2D eigenvalue weighted by Gasteiger charge is 2.26. The van der Waals surface area contributed by atoms with Crippen molar-refractivity contribution in [2.24, 2.45) is 4.40 Å². The Bertz CT molecular complexity index is 1330. The van der Waals surface area contributed by atoms with E-state index in [-0.39, 0.29) is 17.3 Å². The average Bonchev–Trinajstić information content (AvgIpc) is 2.74. The molecule has 0 amide bonds. The molecule has 4 rings (SSSR count). The Morgan fingerprint density at radius 3 is 2.59 bits per heavy atom. The summed E-state index contributed by atoms with van der Waals surface area (Å²) in [5.74, 6) is 1.08. The van der Waals surface area contributed by atoms with E-state index < -0.39 is 10.0 Å². The molecular formula is C22H17BrCl2N2O4S. The standard InChI is InChI=1S/C22H17BrCl2N2O4S/c1-2-30-19-10-14(22-26-18-5-3-4-6-20(18)32(28,29)27-22)9-16(23)21(19)31-12-13-7-8-15(24)11-17(13)25/h3-11H,2,12H2,1H3,(H,26,27).